The number of piperidine rings is 1. The predicted octanol–water partition coefficient (Wildman–Crippen LogP) is 3.51. The van der Waals surface area contributed by atoms with Crippen LogP contribution in [0.15, 0.2) is 41.2 Å². The number of carbonyl (C=O) groups is 1. The van der Waals surface area contributed by atoms with Crippen LogP contribution in [0.4, 0.5) is 0 Å². The van der Waals surface area contributed by atoms with Crippen LogP contribution in [0.3, 0.4) is 0 Å². The van der Waals surface area contributed by atoms with E-state index in [-0.39, 0.29) is 28.8 Å². The average molecular weight is 368 g/mol. The third kappa shape index (κ3) is 4.24. The molecule has 5 heteroatoms. The van der Waals surface area contributed by atoms with Gasteiger partial charge in [0.2, 0.25) is 0 Å². The second kappa shape index (κ2) is 8.42. The summed E-state index contributed by atoms with van der Waals surface area (Å²) in [6, 6.07) is 10.9. The molecule has 1 aliphatic rings. The molecule has 1 unspecified atom stereocenters. The van der Waals surface area contributed by atoms with Crippen molar-refractivity contribution in [3.05, 3.63) is 63.6 Å². The summed E-state index contributed by atoms with van der Waals surface area (Å²) < 4.78 is 1.65. The van der Waals surface area contributed by atoms with Gasteiger partial charge in [0.05, 0.1) is 0 Å². The number of rotatable bonds is 5. The van der Waals surface area contributed by atoms with Crippen molar-refractivity contribution < 1.29 is 9.90 Å². The van der Waals surface area contributed by atoms with Crippen LogP contribution in [-0.2, 0) is 13.0 Å². The highest BCUT2D eigenvalue weighted by atomic mass is 16.3. The number of phenols is 1. The Morgan fingerprint density at radius 2 is 2.04 bits per heavy atom. The second-order valence-electron chi connectivity index (χ2n) is 7.29. The number of benzene rings is 1. The first kappa shape index (κ1) is 19.2. The summed E-state index contributed by atoms with van der Waals surface area (Å²) in [6.45, 7) is 5.06. The zero-order valence-corrected chi connectivity index (χ0v) is 16.1. The zero-order valence-electron chi connectivity index (χ0n) is 16.1. The Morgan fingerprint density at radius 3 is 2.78 bits per heavy atom. The molecule has 1 saturated heterocycles. The summed E-state index contributed by atoms with van der Waals surface area (Å²) in [5, 5.41) is 9.64. The fourth-order valence-corrected chi connectivity index (χ4v) is 3.99. The van der Waals surface area contributed by atoms with E-state index in [1.807, 2.05) is 36.9 Å². The summed E-state index contributed by atoms with van der Waals surface area (Å²) >= 11 is 0. The molecule has 27 heavy (non-hydrogen) atoms. The number of hydrogen-bond acceptors (Lipinski definition) is 3. The topological polar surface area (TPSA) is 62.5 Å². The normalized spacial score (nSPS) is 17.1. The van der Waals surface area contributed by atoms with E-state index in [9.17, 15) is 14.7 Å². The molecular formula is C22H28N2O3. The Bertz CT molecular complexity index is 872. The number of carbonyl (C=O) groups excluding carboxylic acids is 1. The first-order valence-corrected chi connectivity index (χ1v) is 9.80. The maximum Gasteiger partial charge on any atom is 0.263 e. The Hall–Kier alpha value is -2.56. The predicted molar refractivity (Wildman–Crippen MR) is 106 cm³/mol. The maximum absolute atomic E-state index is 13.1. The van der Waals surface area contributed by atoms with Gasteiger partial charge in [0, 0.05) is 24.8 Å². The molecule has 2 heterocycles. The minimum atomic E-state index is -0.195. The number of pyridine rings is 1. The van der Waals surface area contributed by atoms with E-state index in [4.69, 9.17) is 0 Å². The van der Waals surface area contributed by atoms with Crippen LogP contribution in [-0.4, -0.2) is 33.1 Å². The molecule has 0 bridgehead atoms. The van der Waals surface area contributed by atoms with Crippen LogP contribution in [0.1, 0.15) is 54.2 Å². The Labute approximate surface area is 160 Å². The second-order valence-corrected chi connectivity index (χ2v) is 7.29. The number of nitrogens with zero attached hydrogens (tertiary/aromatic N) is 2. The van der Waals surface area contributed by atoms with Crippen molar-refractivity contribution in [1.29, 1.82) is 0 Å². The molecule has 1 aromatic carbocycles. The lowest BCUT2D eigenvalue weighted by atomic mass is 9.95. The first-order valence-electron chi connectivity index (χ1n) is 9.80. The van der Waals surface area contributed by atoms with Crippen LogP contribution >= 0.6 is 0 Å². The molecule has 1 amide bonds. The van der Waals surface area contributed by atoms with Crippen molar-refractivity contribution in [3.8, 4) is 5.75 Å². The minimum absolute atomic E-state index is 0.129. The quantitative estimate of drug-likeness (QED) is 0.878. The number of hydrogen-bond donors (Lipinski definition) is 1. The number of likely N-dealkylation sites (tertiary alicyclic amines) is 1. The van der Waals surface area contributed by atoms with Crippen LogP contribution in [0.25, 0.3) is 0 Å². The highest BCUT2D eigenvalue weighted by Gasteiger charge is 2.29. The van der Waals surface area contributed by atoms with Gasteiger partial charge in [0.25, 0.3) is 11.5 Å². The molecule has 0 radical (unpaired) electrons. The third-order valence-corrected chi connectivity index (χ3v) is 5.50. The summed E-state index contributed by atoms with van der Waals surface area (Å²) in [6.07, 6.45) is 4.67. The van der Waals surface area contributed by atoms with Gasteiger partial charge in [0.1, 0.15) is 11.3 Å². The van der Waals surface area contributed by atoms with Gasteiger partial charge in [-0.3, -0.25) is 9.59 Å². The highest BCUT2D eigenvalue weighted by molar-refractivity contribution is 5.94. The molecular weight excluding hydrogens is 340 g/mol. The SMILES string of the molecule is CCn1c(C)ccc(C(=O)N2CCCCC2CCc2cccc(O)c2)c1=O. The minimum Gasteiger partial charge on any atom is -0.508 e. The summed E-state index contributed by atoms with van der Waals surface area (Å²) in [5.74, 6) is 0.117. The number of aromatic nitrogens is 1. The van der Waals surface area contributed by atoms with Gasteiger partial charge >= 0.3 is 0 Å². The third-order valence-electron chi connectivity index (χ3n) is 5.50. The lowest BCUT2D eigenvalue weighted by Gasteiger charge is -2.36. The zero-order chi connectivity index (χ0) is 19.4. The van der Waals surface area contributed by atoms with E-state index < -0.39 is 0 Å². The number of aryl methyl sites for hydroxylation is 2. The monoisotopic (exact) mass is 368 g/mol. The Kier molecular flexibility index (Phi) is 5.99. The molecule has 1 fully saturated rings. The van der Waals surface area contributed by atoms with Crippen LogP contribution in [0.2, 0.25) is 0 Å². The summed E-state index contributed by atoms with van der Waals surface area (Å²) in [4.78, 5) is 27.8. The van der Waals surface area contributed by atoms with Gasteiger partial charge in [-0.15, -0.1) is 0 Å². The smallest absolute Gasteiger partial charge is 0.263 e. The van der Waals surface area contributed by atoms with E-state index in [2.05, 4.69) is 0 Å². The van der Waals surface area contributed by atoms with Gasteiger partial charge in [-0.05, 0) is 75.8 Å². The van der Waals surface area contributed by atoms with Crippen molar-refractivity contribution in [1.82, 2.24) is 9.47 Å². The van der Waals surface area contributed by atoms with Crippen molar-refractivity contribution in [3.63, 3.8) is 0 Å². The number of phenolic OH excluding ortho intramolecular Hbond substituents is 1. The standard InChI is InChI=1S/C22H28N2O3/c1-3-23-16(2)10-13-20(21(23)26)22(27)24-14-5-4-8-18(24)12-11-17-7-6-9-19(25)15-17/h6-7,9-10,13,15,18,25H,3-5,8,11-12,14H2,1-2H3. The van der Waals surface area contributed by atoms with E-state index >= 15 is 0 Å². The Balaban J connectivity index is 1.79. The molecule has 0 saturated carbocycles. The molecule has 5 nitrogen and oxygen atoms in total. The first-order chi connectivity index (χ1) is 13.0. The molecule has 1 N–H and O–H groups in total. The fourth-order valence-electron chi connectivity index (χ4n) is 3.99. The molecule has 1 aromatic heterocycles. The van der Waals surface area contributed by atoms with E-state index in [0.29, 0.717) is 13.1 Å². The lowest BCUT2D eigenvalue weighted by Crippen LogP contribution is -2.46. The van der Waals surface area contributed by atoms with Crippen LogP contribution < -0.4 is 5.56 Å². The molecule has 0 aliphatic carbocycles. The summed E-state index contributed by atoms with van der Waals surface area (Å²) in [5.41, 5.74) is 2.02. The van der Waals surface area contributed by atoms with Crippen molar-refractivity contribution in [2.75, 3.05) is 6.54 Å². The molecule has 1 aliphatic heterocycles. The van der Waals surface area contributed by atoms with E-state index in [1.165, 1.54) is 0 Å². The van der Waals surface area contributed by atoms with Crippen LogP contribution in [0.5, 0.6) is 5.75 Å². The van der Waals surface area contributed by atoms with Gasteiger partial charge in [0.15, 0.2) is 0 Å². The Morgan fingerprint density at radius 1 is 1.22 bits per heavy atom. The molecule has 2 aromatic rings. The molecule has 3 rings (SSSR count). The summed E-state index contributed by atoms with van der Waals surface area (Å²) in [7, 11) is 0. The van der Waals surface area contributed by atoms with E-state index in [1.54, 1.807) is 22.8 Å². The van der Waals surface area contributed by atoms with Crippen LogP contribution in [0, 0.1) is 6.92 Å². The van der Waals surface area contributed by atoms with E-state index in [0.717, 1.165) is 43.4 Å². The molecule has 0 spiro atoms. The van der Waals surface area contributed by atoms with Crippen molar-refractivity contribution in [2.45, 2.75) is 58.5 Å². The molecule has 1 atom stereocenters. The maximum atomic E-state index is 13.1. The van der Waals surface area contributed by atoms with Crippen molar-refractivity contribution >= 4 is 5.91 Å². The average Bonchev–Trinajstić information content (AvgIpc) is 2.67. The van der Waals surface area contributed by atoms with Gasteiger partial charge < -0.3 is 14.6 Å². The van der Waals surface area contributed by atoms with Gasteiger partial charge in [-0.1, -0.05) is 12.1 Å². The van der Waals surface area contributed by atoms with Gasteiger partial charge in [-0.2, -0.15) is 0 Å². The number of amides is 1. The highest BCUT2D eigenvalue weighted by Crippen LogP contribution is 2.24. The van der Waals surface area contributed by atoms with Crippen molar-refractivity contribution in [2.24, 2.45) is 0 Å². The number of aromatic hydroxyl groups is 1. The fraction of sp³-hybridized carbons (Fsp3) is 0.455. The largest absolute Gasteiger partial charge is 0.508 e. The lowest BCUT2D eigenvalue weighted by molar-refractivity contribution is 0.0599. The molecule has 144 valence electrons. The van der Waals surface area contributed by atoms with Gasteiger partial charge in [-0.25, -0.2) is 0 Å².